The third-order valence-corrected chi connectivity index (χ3v) is 4.33. The number of aromatic amines is 1. The van der Waals surface area contributed by atoms with Crippen molar-refractivity contribution in [3.63, 3.8) is 0 Å². The van der Waals surface area contributed by atoms with E-state index in [-0.39, 0.29) is 11.1 Å². The Morgan fingerprint density at radius 1 is 1.04 bits per heavy atom. The van der Waals surface area contributed by atoms with Crippen LogP contribution in [0.4, 0.5) is 0 Å². The lowest BCUT2D eigenvalue weighted by molar-refractivity contribution is 0.355. The second kappa shape index (κ2) is 6.42. The smallest absolute Gasteiger partial charge is 0.284 e. The van der Waals surface area contributed by atoms with Gasteiger partial charge in [0.1, 0.15) is 5.56 Å². The summed E-state index contributed by atoms with van der Waals surface area (Å²) in [6.07, 6.45) is 7.41. The van der Waals surface area contributed by atoms with Crippen LogP contribution in [0.3, 0.4) is 0 Å². The number of nitrogens with one attached hydrogen (secondary N) is 1. The molecule has 0 aromatic carbocycles. The van der Waals surface area contributed by atoms with Crippen molar-refractivity contribution in [3.8, 4) is 22.8 Å². The number of hydrogen-bond donors (Lipinski definition) is 1. The molecule has 0 unspecified atom stereocenters. The van der Waals surface area contributed by atoms with Crippen molar-refractivity contribution < 1.29 is 0 Å². The first-order chi connectivity index (χ1) is 12.9. The van der Waals surface area contributed by atoms with Crippen LogP contribution in [0, 0.1) is 0 Å². The molecule has 2 aromatic heterocycles. The Bertz CT molecular complexity index is 1090. The van der Waals surface area contributed by atoms with E-state index < -0.39 is 0 Å². The fourth-order valence-corrected chi connectivity index (χ4v) is 3.05. The number of H-pyrrole nitrogens is 1. The van der Waals surface area contributed by atoms with Crippen LogP contribution in [0.15, 0.2) is 53.8 Å². The minimum Gasteiger partial charge on any atom is -0.299 e. The highest BCUT2D eigenvalue weighted by Crippen LogP contribution is 2.29. The van der Waals surface area contributed by atoms with Crippen LogP contribution in [0.2, 0.25) is 0 Å². The molecule has 0 saturated carbocycles. The monoisotopic (exact) mass is 360 g/mol. The molecule has 0 aliphatic carbocycles. The predicted molar refractivity (Wildman–Crippen MR) is 103 cm³/mol. The number of pyridine rings is 2. The molecule has 0 bridgehead atoms. The number of nitrogens with zero attached hydrogens (tertiary/aromatic N) is 5. The predicted octanol–water partition coefficient (Wildman–Crippen LogP) is 2.87. The lowest BCUT2D eigenvalue weighted by Gasteiger charge is -2.22. The third-order valence-electron chi connectivity index (χ3n) is 4.33. The molecule has 0 atom stereocenters. The summed E-state index contributed by atoms with van der Waals surface area (Å²) in [4.78, 5) is 30.0. The lowest BCUT2D eigenvalue weighted by Crippen LogP contribution is -2.25. The van der Waals surface area contributed by atoms with Crippen molar-refractivity contribution in [1.82, 2.24) is 29.7 Å². The Balaban J connectivity index is 1.92. The van der Waals surface area contributed by atoms with Gasteiger partial charge in [0, 0.05) is 36.8 Å². The summed E-state index contributed by atoms with van der Waals surface area (Å²) < 4.78 is 1.93. The summed E-state index contributed by atoms with van der Waals surface area (Å²) in [6, 6.07) is 7.46. The molecule has 2 aliphatic heterocycles. The van der Waals surface area contributed by atoms with Gasteiger partial charge in [-0.3, -0.25) is 24.5 Å². The minimum atomic E-state index is -0.287. The normalized spacial score (nSPS) is 11.8. The summed E-state index contributed by atoms with van der Waals surface area (Å²) in [5.41, 5.74) is 2.52. The van der Waals surface area contributed by atoms with Gasteiger partial charge in [-0.2, -0.15) is 4.98 Å². The molecule has 4 rings (SSSR count). The zero-order chi connectivity index (χ0) is 19.0. The zero-order valence-corrected chi connectivity index (χ0v) is 15.5. The van der Waals surface area contributed by atoms with Crippen LogP contribution in [-0.2, 0) is 12.0 Å². The fourth-order valence-electron chi connectivity index (χ4n) is 3.05. The van der Waals surface area contributed by atoms with Gasteiger partial charge < -0.3 is 0 Å². The summed E-state index contributed by atoms with van der Waals surface area (Å²) in [5.74, 6) is 1.01. The molecular weight excluding hydrogens is 340 g/mol. The Morgan fingerprint density at radius 3 is 2.48 bits per heavy atom. The summed E-state index contributed by atoms with van der Waals surface area (Å²) in [7, 11) is 0. The van der Waals surface area contributed by atoms with Crippen molar-refractivity contribution >= 4 is 0 Å². The van der Waals surface area contributed by atoms with Crippen LogP contribution in [0.25, 0.3) is 22.8 Å². The quantitative estimate of drug-likeness (QED) is 0.607. The van der Waals surface area contributed by atoms with Gasteiger partial charge in [0.15, 0.2) is 11.6 Å². The number of hydrogen-bond acceptors (Lipinski definition) is 5. The Kier molecular flexibility index (Phi) is 4.07. The van der Waals surface area contributed by atoms with Gasteiger partial charge in [-0.1, -0.05) is 6.07 Å². The van der Waals surface area contributed by atoms with E-state index in [9.17, 15) is 4.79 Å². The molecule has 0 spiro atoms. The van der Waals surface area contributed by atoms with E-state index >= 15 is 0 Å². The minimum absolute atomic E-state index is 0.276. The summed E-state index contributed by atoms with van der Waals surface area (Å²) in [5, 5.41) is 3.37. The molecule has 7 heteroatoms. The second-order valence-electron chi connectivity index (χ2n) is 7.42. The van der Waals surface area contributed by atoms with Gasteiger partial charge in [-0.25, -0.2) is 4.98 Å². The van der Waals surface area contributed by atoms with E-state index in [0.717, 1.165) is 16.8 Å². The molecule has 0 saturated heterocycles. The standard InChI is InChI=1S/C20H20N6O/c1-20(2,3)26-18-16(15(25-26)11-13-5-4-8-22-12-13)19(27)24-17(23-18)14-6-9-21-10-7-14/h4-10,12,25H,11H2,1-3H3. The molecule has 27 heavy (non-hydrogen) atoms. The number of fused-ring (bicyclic) bond motifs is 1. The summed E-state index contributed by atoms with van der Waals surface area (Å²) in [6.45, 7) is 6.19. The van der Waals surface area contributed by atoms with Crippen LogP contribution in [0.5, 0.6) is 0 Å². The third kappa shape index (κ3) is 3.23. The molecular formula is C20H20N6O. The molecule has 0 fully saturated rings. The van der Waals surface area contributed by atoms with Crippen molar-refractivity contribution in [2.75, 3.05) is 0 Å². The maximum Gasteiger partial charge on any atom is 0.284 e. The Morgan fingerprint density at radius 2 is 1.81 bits per heavy atom. The Hall–Kier alpha value is -3.35. The van der Waals surface area contributed by atoms with Crippen LogP contribution < -0.4 is 5.56 Å². The van der Waals surface area contributed by atoms with Crippen LogP contribution in [0.1, 0.15) is 32.0 Å². The van der Waals surface area contributed by atoms with Gasteiger partial charge in [0.25, 0.3) is 5.56 Å². The highest BCUT2D eigenvalue weighted by molar-refractivity contribution is 5.65. The number of aromatic nitrogens is 6. The first-order valence-electron chi connectivity index (χ1n) is 8.75. The van der Waals surface area contributed by atoms with Crippen LogP contribution in [-0.4, -0.2) is 29.7 Å². The maximum atomic E-state index is 12.9. The molecule has 0 radical (unpaired) electrons. The molecule has 0 amide bonds. The van der Waals surface area contributed by atoms with Crippen molar-refractivity contribution in [2.45, 2.75) is 32.7 Å². The van der Waals surface area contributed by atoms with Gasteiger partial charge in [0.05, 0.1) is 11.2 Å². The van der Waals surface area contributed by atoms with Gasteiger partial charge in [-0.05, 0) is 44.5 Å². The van der Waals surface area contributed by atoms with Crippen LogP contribution >= 0.6 is 0 Å². The van der Waals surface area contributed by atoms with E-state index in [1.165, 1.54) is 0 Å². The molecule has 1 N–H and O–H groups in total. The van der Waals surface area contributed by atoms with Crippen molar-refractivity contribution in [3.05, 3.63) is 70.7 Å². The highest BCUT2D eigenvalue weighted by Gasteiger charge is 2.28. The average Bonchev–Trinajstić information content (AvgIpc) is 3.02. The molecule has 2 aromatic rings. The largest absolute Gasteiger partial charge is 0.299 e. The van der Waals surface area contributed by atoms with Gasteiger partial charge >= 0.3 is 0 Å². The fraction of sp³-hybridized carbons (Fsp3) is 0.250. The van der Waals surface area contributed by atoms with Gasteiger partial charge in [0.2, 0.25) is 0 Å². The second-order valence-corrected chi connectivity index (χ2v) is 7.42. The molecule has 7 nitrogen and oxygen atoms in total. The molecule has 2 aliphatic rings. The SMILES string of the molecule is CC(C)(C)n1[nH]c(Cc2cccnc2)c2c(=O)nc(-c3ccncc3)nc1-2. The first kappa shape index (κ1) is 17.1. The highest BCUT2D eigenvalue weighted by atomic mass is 16.1. The Labute approximate surface area is 156 Å². The molecule has 4 heterocycles. The van der Waals surface area contributed by atoms with Gasteiger partial charge in [-0.15, -0.1) is 0 Å². The zero-order valence-electron chi connectivity index (χ0n) is 15.5. The maximum absolute atomic E-state index is 12.9. The van der Waals surface area contributed by atoms with E-state index in [1.54, 1.807) is 36.9 Å². The van der Waals surface area contributed by atoms with Crippen molar-refractivity contribution in [1.29, 1.82) is 0 Å². The van der Waals surface area contributed by atoms with E-state index in [4.69, 9.17) is 4.98 Å². The average molecular weight is 360 g/mol. The topological polar surface area (TPSA) is 89.4 Å². The number of rotatable bonds is 3. The summed E-state index contributed by atoms with van der Waals surface area (Å²) >= 11 is 0. The molecule has 136 valence electrons. The first-order valence-corrected chi connectivity index (χ1v) is 8.75. The van der Waals surface area contributed by atoms with E-state index in [0.29, 0.717) is 23.6 Å². The van der Waals surface area contributed by atoms with E-state index in [1.807, 2.05) is 16.8 Å². The van der Waals surface area contributed by atoms with E-state index in [2.05, 4.69) is 40.8 Å². The lowest BCUT2D eigenvalue weighted by atomic mass is 10.1. The van der Waals surface area contributed by atoms with Crippen molar-refractivity contribution in [2.24, 2.45) is 0 Å².